The molecule has 6 nitrogen and oxygen atoms in total. The molecular weight excluding hydrogens is 335 g/mol. The first-order chi connectivity index (χ1) is 12.5. The average Bonchev–Trinajstić information content (AvgIpc) is 3.06. The number of aromatic amines is 1. The zero-order valence-electron chi connectivity index (χ0n) is 15.0. The number of nitrogens with one attached hydrogen (secondary N) is 1. The maximum absolute atomic E-state index is 14.0. The molecule has 4 rings (SSSR count). The standard InChI is InChI=1S/C19H23FN4O2/c1-12-11-14-17(13(2)26-12)21-22-18(14)19(25)24-9-7-23(8-10-24)16-6-4-3-5-15(16)20/h3-6,12-13H,7-11H2,1-2H3,(H,21,22)/t12-,13+/m1/s1. The van der Waals surface area contributed by atoms with Gasteiger partial charge in [-0.25, -0.2) is 4.39 Å². The minimum absolute atomic E-state index is 0.0583. The van der Waals surface area contributed by atoms with Gasteiger partial charge in [-0.2, -0.15) is 5.10 Å². The second kappa shape index (κ2) is 6.72. The van der Waals surface area contributed by atoms with Gasteiger partial charge in [-0.3, -0.25) is 9.89 Å². The molecule has 1 amide bonds. The molecule has 0 bridgehead atoms. The number of aromatic nitrogens is 2. The summed E-state index contributed by atoms with van der Waals surface area (Å²) in [4.78, 5) is 16.8. The normalized spacial score (nSPS) is 23.0. The molecule has 0 unspecified atom stereocenters. The fraction of sp³-hybridized carbons (Fsp3) is 0.474. The summed E-state index contributed by atoms with van der Waals surface area (Å²) in [5, 5.41) is 7.26. The summed E-state index contributed by atoms with van der Waals surface area (Å²) in [6, 6.07) is 6.76. The highest BCUT2D eigenvalue weighted by atomic mass is 19.1. The number of piperazine rings is 1. The summed E-state index contributed by atoms with van der Waals surface area (Å²) in [5.41, 5.74) is 2.96. The van der Waals surface area contributed by atoms with Crippen LogP contribution in [0.2, 0.25) is 0 Å². The highest BCUT2D eigenvalue weighted by molar-refractivity contribution is 5.94. The fourth-order valence-electron chi connectivity index (χ4n) is 3.86. The predicted octanol–water partition coefficient (Wildman–Crippen LogP) is 2.53. The number of hydrogen-bond donors (Lipinski definition) is 1. The molecule has 138 valence electrons. The van der Waals surface area contributed by atoms with Gasteiger partial charge in [0.1, 0.15) is 5.82 Å². The lowest BCUT2D eigenvalue weighted by molar-refractivity contribution is -0.00702. The average molecular weight is 358 g/mol. The van der Waals surface area contributed by atoms with Crippen LogP contribution in [0.5, 0.6) is 0 Å². The summed E-state index contributed by atoms with van der Waals surface area (Å²) in [5.74, 6) is -0.284. The molecular formula is C19H23FN4O2. The quantitative estimate of drug-likeness (QED) is 0.896. The Labute approximate surface area is 151 Å². The number of carbonyl (C=O) groups excluding carboxylic acids is 1. The van der Waals surface area contributed by atoms with Crippen LogP contribution in [0.3, 0.4) is 0 Å². The molecule has 0 saturated carbocycles. The lowest BCUT2D eigenvalue weighted by atomic mass is 9.99. The Morgan fingerprint density at radius 3 is 2.69 bits per heavy atom. The number of halogens is 1. The van der Waals surface area contributed by atoms with E-state index in [0.29, 0.717) is 44.0 Å². The number of amides is 1. The van der Waals surface area contributed by atoms with E-state index in [0.717, 1.165) is 11.3 Å². The van der Waals surface area contributed by atoms with E-state index in [1.54, 1.807) is 17.0 Å². The van der Waals surface area contributed by atoms with Gasteiger partial charge >= 0.3 is 0 Å². The van der Waals surface area contributed by atoms with Crippen molar-refractivity contribution in [3.05, 3.63) is 47.0 Å². The molecule has 1 aromatic heterocycles. The van der Waals surface area contributed by atoms with Gasteiger partial charge in [0.2, 0.25) is 0 Å². The molecule has 2 aliphatic heterocycles. The zero-order valence-corrected chi connectivity index (χ0v) is 15.0. The van der Waals surface area contributed by atoms with Gasteiger partial charge in [0.25, 0.3) is 5.91 Å². The lowest BCUT2D eigenvalue weighted by Crippen LogP contribution is -2.49. The molecule has 2 aromatic rings. The molecule has 0 spiro atoms. The van der Waals surface area contributed by atoms with Crippen LogP contribution in [-0.4, -0.2) is 53.3 Å². The zero-order chi connectivity index (χ0) is 18.3. The first-order valence-electron chi connectivity index (χ1n) is 9.06. The van der Waals surface area contributed by atoms with E-state index in [2.05, 4.69) is 10.2 Å². The summed E-state index contributed by atoms with van der Waals surface area (Å²) in [6.45, 7) is 6.29. The molecule has 0 radical (unpaired) electrons. The molecule has 1 fully saturated rings. The number of ether oxygens (including phenoxy) is 1. The van der Waals surface area contributed by atoms with Crippen LogP contribution in [-0.2, 0) is 11.2 Å². The number of fused-ring (bicyclic) bond motifs is 1. The highest BCUT2D eigenvalue weighted by Gasteiger charge is 2.32. The predicted molar refractivity (Wildman–Crippen MR) is 95.8 cm³/mol. The Morgan fingerprint density at radius 2 is 1.96 bits per heavy atom. The number of anilines is 1. The Balaban J connectivity index is 1.47. The minimum Gasteiger partial charge on any atom is -0.369 e. The molecule has 0 aliphatic carbocycles. The van der Waals surface area contributed by atoms with Crippen LogP contribution >= 0.6 is 0 Å². The van der Waals surface area contributed by atoms with E-state index in [4.69, 9.17) is 4.74 Å². The van der Waals surface area contributed by atoms with Crippen molar-refractivity contribution in [1.29, 1.82) is 0 Å². The number of hydrogen-bond acceptors (Lipinski definition) is 4. The monoisotopic (exact) mass is 358 g/mol. The third kappa shape index (κ3) is 2.96. The van der Waals surface area contributed by atoms with Crippen molar-refractivity contribution in [3.8, 4) is 0 Å². The van der Waals surface area contributed by atoms with Crippen molar-refractivity contribution in [2.45, 2.75) is 32.5 Å². The van der Waals surface area contributed by atoms with Crippen LogP contribution in [0.4, 0.5) is 10.1 Å². The van der Waals surface area contributed by atoms with E-state index in [-0.39, 0.29) is 23.9 Å². The molecule has 7 heteroatoms. The maximum atomic E-state index is 14.0. The van der Waals surface area contributed by atoms with Gasteiger partial charge in [-0.05, 0) is 26.0 Å². The minimum atomic E-state index is -0.225. The SMILES string of the molecule is C[C@@H]1Cc2c(C(=O)N3CCN(c4ccccc4F)CC3)n[nH]c2[C@H](C)O1. The Kier molecular flexibility index (Phi) is 4.40. The van der Waals surface area contributed by atoms with E-state index in [1.807, 2.05) is 24.8 Å². The maximum Gasteiger partial charge on any atom is 0.274 e. The van der Waals surface area contributed by atoms with Gasteiger partial charge in [-0.1, -0.05) is 12.1 Å². The Hall–Kier alpha value is -2.41. The molecule has 2 atom stereocenters. The van der Waals surface area contributed by atoms with E-state index in [9.17, 15) is 9.18 Å². The molecule has 1 N–H and O–H groups in total. The number of carbonyl (C=O) groups is 1. The van der Waals surface area contributed by atoms with Gasteiger partial charge in [0.05, 0.1) is 23.6 Å². The fourth-order valence-corrected chi connectivity index (χ4v) is 3.86. The number of para-hydroxylation sites is 1. The Morgan fingerprint density at radius 1 is 1.23 bits per heavy atom. The molecule has 2 aliphatic rings. The van der Waals surface area contributed by atoms with Crippen LogP contribution in [0.1, 0.15) is 41.7 Å². The summed E-state index contributed by atoms with van der Waals surface area (Å²) < 4.78 is 19.8. The first kappa shape index (κ1) is 17.0. The first-order valence-corrected chi connectivity index (χ1v) is 9.06. The molecule has 26 heavy (non-hydrogen) atoms. The van der Waals surface area contributed by atoms with Crippen LogP contribution in [0, 0.1) is 5.82 Å². The number of nitrogens with zero attached hydrogens (tertiary/aromatic N) is 3. The van der Waals surface area contributed by atoms with Crippen LogP contribution in [0.25, 0.3) is 0 Å². The van der Waals surface area contributed by atoms with Crippen molar-refractivity contribution < 1.29 is 13.9 Å². The largest absolute Gasteiger partial charge is 0.369 e. The molecule has 1 saturated heterocycles. The molecule has 3 heterocycles. The van der Waals surface area contributed by atoms with Gasteiger partial charge < -0.3 is 14.5 Å². The third-order valence-corrected chi connectivity index (χ3v) is 5.20. The van der Waals surface area contributed by atoms with E-state index < -0.39 is 0 Å². The van der Waals surface area contributed by atoms with Crippen molar-refractivity contribution in [2.75, 3.05) is 31.1 Å². The van der Waals surface area contributed by atoms with Gasteiger partial charge in [0.15, 0.2) is 5.69 Å². The van der Waals surface area contributed by atoms with Crippen molar-refractivity contribution >= 4 is 11.6 Å². The van der Waals surface area contributed by atoms with Gasteiger partial charge in [0, 0.05) is 38.2 Å². The number of H-pyrrole nitrogens is 1. The van der Waals surface area contributed by atoms with Crippen LogP contribution in [0.15, 0.2) is 24.3 Å². The second-order valence-corrected chi connectivity index (χ2v) is 6.99. The van der Waals surface area contributed by atoms with Crippen LogP contribution < -0.4 is 4.90 Å². The summed E-state index contributed by atoms with van der Waals surface area (Å²) in [7, 11) is 0. The topological polar surface area (TPSA) is 61.5 Å². The summed E-state index contributed by atoms with van der Waals surface area (Å²) >= 11 is 0. The van der Waals surface area contributed by atoms with Crippen molar-refractivity contribution in [3.63, 3.8) is 0 Å². The summed E-state index contributed by atoms with van der Waals surface area (Å²) in [6.07, 6.45) is 0.673. The highest BCUT2D eigenvalue weighted by Crippen LogP contribution is 2.31. The van der Waals surface area contributed by atoms with Gasteiger partial charge in [-0.15, -0.1) is 0 Å². The number of benzene rings is 1. The second-order valence-electron chi connectivity index (χ2n) is 6.99. The smallest absolute Gasteiger partial charge is 0.274 e. The van der Waals surface area contributed by atoms with Crippen molar-refractivity contribution in [2.24, 2.45) is 0 Å². The van der Waals surface area contributed by atoms with E-state index >= 15 is 0 Å². The van der Waals surface area contributed by atoms with Crippen molar-refractivity contribution in [1.82, 2.24) is 15.1 Å². The molecule has 1 aromatic carbocycles. The number of rotatable bonds is 2. The van der Waals surface area contributed by atoms with E-state index in [1.165, 1.54) is 6.07 Å². The third-order valence-electron chi connectivity index (χ3n) is 5.20. The Bertz CT molecular complexity index is 814. The lowest BCUT2D eigenvalue weighted by Gasteiger charge is -2.36.